The van der Waals surface area contributed by atoms with Crippen molar-refractivity contribution in [3.05, 3.63) is 35.3 Å². The van der Waals surface area contributed by atoms with Gasteiger partial charge < -0.3 is 34.8 Å². The second-order valence-electron chi connectivity index (χ2n) is 18.9. The molecule has 12 heteroatoms. The number of nitrogens with zero attached hydrogens (tertiary/aromatic N) is 2. The van der Waals surface area contributed by atoms with E-state index in [1.165, 1.54) is 94.7 Å². The van der Waals surface area contributed by atoms with Crippen molar-refractivity contribution in [2.75, 3.05) is 86.0 Å². The molecule has 0 saturated heterocycles. The molecule has 3 fully saturated rings. The first kappa shape index (κ1) is 67.5. The Balaban J connectivity index is 0. The standard InChI is InChI=1S/C30H54N2O5.C15H31NO.C7H12.C3H6O2.CH4O/c1-5-16-32(17-6-2)28(30(34)26-8-7-9-26)13-12-27(25-10-11-25)31-15-19-36-21-23-37-22-20-35-18-14-29(33)24(3)4;1-5-7-8-9-11-16(13-15(4)17)12-10-14(3)6-2;1-2-4-7-5-3-6-7;1-2-3(4)5;1-2/h24,26,28,31H,5-23H2,1-4H3;14,17H,4-13H2,1-3H3;4H,2-3,5-6H2,1H3;2H2,1H3,(H,4,5);2H,1H3/t;14-;;;/m.1.../s1. The average Bonchev–Trinajstić information content (AvgIpc) is 4.14. The van der Waals surface area contributed by atoms with Crippen LogP contribution >= 0.6 is 0 Å². The van der Waals surface area contributed by atoms with Gasteiger partial charge in [-0.25, -0.2) is 0 Å². The van der Waals surface area contributed by atoms with Crippen molar-refractivity contribution in [1.29, 1.82) is 0 Å². The van der Waals surface area contributed by atoms with Crippen LogP contribution in [-0.2, 0) is 28.6 Å². The summed E-state index contributed by atoms with van der Waals surface area (Å²) in [6.45, 7) is 31.2. The highest BCUT2D eigenvalue weighted by Gasteiger charge is 2.34. The molecule has 0 bridgehead atoms. The monoisotopic (exact) mass is 966 g/mol. The van der Waals surface area contributed by atoms with Gasteiger partial charge in [0.2, 0.25) is 0 Å². The zero-order chi connectivity index (χ0) is 51.4. The number of allylic oxidation sites excluding steroid dienone is 4. The van der Waals surface area contributed by atoms with E-state index in [0.29, 0.717) is 70.1 Å². The lowest BCUT2D eigenvalue weighted by molar-refractivity contribution is -0.136. The third kappa shape index (κ3) is 38.2. The van der Waals surface area contributed by atoms with Crippen molar-refractivity contribution in [1.82, 2.24) is 15.1 Å². The van der Waals surface area contributed by atoms with Crippen molar-refractivity contribution in [2.24, 2.45) is 17.8 Å². The first-order valence-corrected chi connectivity index (χ1v) is 27.2. The fourth-order valence-electron chi connectivity index (χ4n) is 7.55. The number of aliphatic hydroxyl groups is 2. The van der Waals surface area contributed by atoms with Crippen molar-refractivity contribution in [3.63, 3.8) is 0 Å². The highest BCUT2D eigenvalue weighted by molar-refractivity contribution is 5.87. The number of carboxylic acid groups (broad SMARTS) is 1. The Labute approximate surface area is 417 Å². The van der Waals surface area contributed by atoms with E-state index in [0.717, 1.165) is 84.3 Å². The maximum absolute atomic E-state index is 13.3. The molecule has 1 unspecified atom stereocenters. The van der Waals surface area contributed by atoms with E-state index in [1.807, 2.05) is 13.8 Å². The van der Waals surface area contributed by atoms with Crippen LogP contribution in [0.25, 0.3) is 0 Å². The van der Waals surface area contributed by atoms with E-state index >= 15 is 0 Å². The maximum Gasteiger partial charge on any atom is 0.303 e. The van der Waals surface area contributed by atoms with E-state index in [1.54, 1.807) is 12.5 Å². The normalized spacial score (nSPS) is 14.6. The number of rotatable bonds is 37. The minimum atomic E-state index is -0.745. The number of unbranched alkanes of at least 4 members (excludes halogenated alkanes) is 3. The number of nitrogens with one attached hydrogen (secondary N) is 1. The van der Waals surface area contributed by atoms with Crippen LogP contribution in [0.2, 0.25) is 0 Å². The Morgan fingerprint density at radius 3 is 1.75 bits per heavy atom. The highest BCUT2D eigenvalue weighted by Crippen LogP contribution is 2.34. The van der Waals surface area contributed by atoms with Gasteiger partial charge in [-0.2, -0.15) is 0 Å². The molecule has 3 aliphatic carbocycles. The maximum atomic E-state index is 13.3. The first-order valence-electron chi connectivity index (χ1n) is 27.2. The van der Waals surface area contributed by atoms with Crippen molar-refractivity contribution >= 4 is 17.5 Å². The summed E-state index contributed by atoms with van der Waals surface area (Å²) in [6.07, 6.45) is 25.9. The number of carbonyl (C=O) groups is 3. The number of hydrogen-bond donors (Lipinski definition) is 4. The Bertz CT molecular complexity index is 1300. The molecular weight excluding hydrogens is 859 g/mol. The van der Waals surface area contributed by atoms with E-state index in [4.69, 9.17) is 24.4 Å². The highest BCUT2D eigenvalue weighted by atomic mass is 16.5. The molecule has 3 rings (SSSR count). The molecule has 3 saturated carbocycles. The summed E-state index contributed by atoms with van der Waals surface area (Å²) in [5.74, 6) is 1.42. The van der Waals surface area contributed by atoms with Crippen LogP contribution in [0.1, 0.15) is 197 Å². The number of hydrogen-bond acceptors (Lipinski definition) is 11. The summed E-state index contributed by atoms with van der Waals surface area (Å²) >= 11 is 0. The average molecular weight is 966 g/mol. The lowest BCUT2D eigenvalue weighted by atomic mass is 9.78. The number of aliphatic carboxylic acids is 1. The summed E-state index contributed by atoms with van der Waals surface area (Å²) in [5.41, 5.74) is 4.54. The molecule has 68 heavy (non-hydrogen) atoms. The van der Waals surface area contributed by atoms with Crippen LogP contribution < -0.4 is 5.32 Å². The Morgan fingerprint density at radius 2 is 1.32 bits per heavy atom. The summed E-state index contributed by atoms with van der Waals surface area (Å²) in [4.78, 5) is 39.0. The van der Waals surface area contributed by atoms with E-state index in [2.05, 4.69) is 69.3 Å². The number of ether oxygens (including phenoxy) is 3. The second-order valence-corrected chi connectivity index (χ2v) is 18.9. The summed E-state index contributed by atoms with van der Waals surface area (Å²) < 4.78 is 16.7. The molecule has 0 radical (unpaired) electrons. The minimum Gasteiger partial charge on any atom is -0.512 e. The third-order valence-corrected chi connectivity index (χ3v) is 12.5. The van der Waals surface area contributed by atoms with Gasteiger partial charge in [0.1, 0.15) is 5.78 Å². The lowest BCUT2D eigenvalue weighted by Gasteiger charge is -2.35. The summed E-state index contributed by atoms with van der Waals surface area (Å²) in [6, 6.07) is 0.0643. The van der Waals surface area contributed by atoms with Crippen LogP contribution in [0.5, 0.6) is 0 Å². The molecule has 3 aliphatic rings. The van der Waals surface area contributed by atoms with Crippen molar-refractivity contribution in [3.8, 4) is 0 Å². The van der Waals surface area contributed by atoms with E-state index in [-0.39, 0.29) is 24.2 Å². The zero-order valence-electron chi connectivity index (χ0n) is 45.6. The minimum absolute atomic E-state index is 0.0643. The van der Waals surface area contributed by atoms with Gasteiger partial charge in [0.05, 0.1) is 58.0 Å². The van der Waals surface area contributed by atoms with Crippen LogP contribution in [0, 0.1) is 17.8 Å². The van der Waals surface area contributed by atoms with Crippen LogP contribution in [0.15, 0.2) is 35.3 Å². The molecule has 0 aromatic heterocycles. The van der Waals surface area contributed by atoms with E-state index in [9.17, 15) is 19.5 Å². The molecule has 12 nitrogen and oxygen atoms in total. The van der Waals surface area contributed by atoms with Crippen molar-refractivity contribution in [2.45, 2.75) is 203 Å². The van der Waals surface area contributed by atoms with Gasteiger partial charge >= 0.3 is 5.97 Å². The number of Topliss-reactive ketones (excluding diaryl/α,β-unsaturated/α-hetero) is 2. The fourth-order valence-corrected chi connectivity index (χ4v) is 7.55. The molecular formula is C56H107N3O9. The summed E-state index contributed by atoms with van der Waals surface area (Å²) in [5, 5.41) is 27.6. The third-order valence-electron chi connectivity index (χ3n) is 12.5. The molecule has 0 aromatic rings. The first-order chi connectivity index (χ1) is 32.8. The van der Waals surface area contributed by atoms with Gasteiger partial charge in [0, 0.05) is 44.0 Å². The van der Waals surface area contributed by atoms with Gasteiger partial charge in [-0.3, -0.25) is 24.2 Å². The molecule has 0 spiro atoms. The number of ketones is 2. The predicted molar refractivity (Wildman–Crippen MR) is 283 cm³/mol. The number of aliphatic hydroxyl groups excluding tert-OH is 2. The molecule has 400 valence electrons. The Hall–Kier alpha value is -2.61. The van der Waals surface area contributed by atoms with Gasteiger partial charge in [0.15, 0.2) is 5.78 Å². The zero-order valence-corrected chi connectivity index (χ0v) is 45.6. The predicted octanol–water partition coefficient (Wildman–Crippen LogP) is 11.9. The molecule has 4 N–H and O–H groups in total. The molecule has 2 atom stereocenters. The quantitative estimate of drug-likeness (QED) is 0.0266. The number of carboxylic acids is 1. The number of carbonyl (C=O) groups excluding carboxylic acids is 2. The molecule has 0 heterocycles. The van der Waals surface area contributed by atoms with Gasteiger partial charge in [-0.15, -0.1) is 0 Å². The summed E-state index contributed by atoms with van der Waals surface area (Å²) in [7, 11) is 1.00. The smallest absolute Gasteiger partial charge is 0.303 e. The molecule has 0 amide bonds. The van der Waals surface area contributed by atoms with Gasteiger partial charge in [-0.05, 0) is 122 Å². The topological polar surface area (TPSA) is 158 Å². The van der Waals surface area contributed by atoms with Gasteiger partial charge in [-0.1, -0.05) is 118 Å². The Morgan fingerprint density at radius 1 is 0.735 bits per heavy atom. The van der Waals surface area contributed by atoms with Crippen LogP contribution in [0.3, 0.4) is 0 Å². The molecule has 0 aliphatic heterocycles. The van der Waals surface area contributed by atoms with E-state index < -0.39 is 5.97 Å². The Kier molecular flexibility index (Phi) is 46.4. The lowest BCUT2D eigenvalue weighted by Crippen LogP contribution is -2.46. The SMILES string of the molecule is C=C(O)CN(CCCCCC)CC[C@H](C)CC.CCC(=O)O.CCC=C1CCC1.CCCN(CCC)C(CCC(NCCOCCOCCOCCC(=O)C(C)C)=C1CC1)C(=O)C1CCC1.CO. The van der Waals surface area contributed by atoms with Gasteiger partial charge in [0.25, 0.3) is 0 Å². The molecule has 0 aromatic carbocycles. The second kappa shape index (κ2) is 46.8. The van der Waals surface area contributed by atoms with Crippen LogP contribution in [0.4, 0.5) is 0 Å². The largest absolute Gasteiger partial charge is 0.512 e. The van der Waals surface area contributed by atoms with Crippen LogP contribution in [-0.4, -0.2) is 135 Å². The fraction of sp³-hybridized carbons (Fsp3) is 0.839. The van der Waals surface area contributed by atoms with Crippen molar-refractivity contribution < 1.29 is 43.9 Å².